The molecule has 2 amide bonds. The lowest BCUT2D eigenvalue weighted by atomic mass is 10.1. The van der Waals surface area contributed by atoms with Crippen LogP contribution in [0, 0.1) is 0 Å². The summed E-state index contributed by atoms with van der Waals surface area (Å²) < 4.78 is 22.4. The van der Waals surface area contributed by atoms with Gasteiger partial charge in [0.15, 0.2) is 11.5 Å². The van der Waals surface area contributed by atoms with Crippen molar-refractivity contribution in [2.45, 2.75) is 26.2 Å². The Hall–Kier alpha value is -3.95. The molecule has 41 heavy (non-hydrogen) atoms. The first-order valence-electron chi connectivity index (χ1n) is 13.6. The number of nitrogens with one attached hydrogen (secondary N) is 2. The van der Waals surface area contributed by atoms with Crippen LogP contribution in [0.1, 0.15) is 25.3 Å². The van der Waals surface area contributed by atoms with Crippen molar-refractivity contribution in [3.05, 3.63) is 84.4 Å². The molecule has 2 N–H and O–H groups in total. The zero-order valence-corrected chi connectivity index (χ0v) is 24.5. The standard InChI is InChI=1S/C31H39N3O6.ClH/c1-3-4-22-38-29-25(12-11-17-28(29)37-2)18-19-34(20-23-39-30(35)32-26-13-7-5-8-14-26)21-24-40-31(36)33-27-15-9-6-10-16-27;/h5-17H,3-4,18-24H2,1-2H3,(H,32,35)(H,33,36);1H. The molecule has 0 heterocycles. The number of unbranched alkanes of at least 4 members (excludes halogenated alkanes) is 1. The predicted octanol–water partition coefficient (Wildman–Crippen LogP) is 6.64. The number of hydrogen-bond acceptors (Lipinski definition) is 7. The molecular weight excluding hydrogens is 546 g/mol. The van der Waals surface area contributed by atoms with Crippen LogP contribution in [0.25, 0.3) is 0 Å². The molecule has 3 aromatic rings. The number of halogens is 1. The van der Waals surface area contributed by atoms with E-state index in [1.807, 2.05) is 54.6 Å². The minimum atomic E-state index is -0.524. The van der Waals surface area contributed by atoms with E-state index in [4.69, 9.17) is 18.9 Å². The molecule has 0 spiro atoms. The largest absolute Gasteiger partial charge is 0.493 e. The first kappa shape index (κ1) is 33.3. The molecule has 0 bridgehead atoms. The minimum absolute atomic E-state index is 0. The molecule has 222 valence electrons. The Morgan fingerprint density at radius 3 is 1.80 bits per heavy atom. The fourth-order valence-electron chi connectivity index (χ4n) is 3.90. The number of benzene rings is 3. The van der Waals surface area contributed by atoms with Gasteiger partial charge in [-0.15, -0.1) is 12.4 Å². The van der Waals surface area contributed by atoms with Gasteiger partial charge in [-0.25, -0.2) is 9.59 Å². The Labute approximate surface area is 248 Å². The molecule has 0 aliphatic carbocycles. The van der Waals surface area contributed by atoms with Gasteiger partial charge in [-0.3, -0.25) is 15.5 Å². The Morgan fingerprint density at radius 2 is 1.29 bits per heavy atom. The lowest BCUT2D eigenvalue weighted by Gasteiger charge is -2.23. The third-order valence-corrected chi connectivity index (χ3v) is 6.04. The van der Waals surface area contributed by atoms with E-state index >= 15 is 0 Å². The van der Waals surface area contributed by atoms with E-state index in [9.17, 15) is 9.59 Å². The Bertz CT molecular complexity index is 1110. The van der Waals surface area contributed by atoms with Gasteiger partial charge in [0.05, 0.1) is 13.7 Å². The zero-order valence-electron chi connectivity index (χ0n) is 23.7. The molecule has 0 saturated heterocycles. The highest BCUT2D eigenvalue weighted by Gasteiger charge is 2.14. The highest BCUT2D eigenvalue weighted by Crippen LogP contribution is 2.31. The highest BCUT2D eigenvalue weighted by molar-refractivity contribution is 5.85. The number of rotatable bonds is 16. The van der Waals surface area contributed by atoms with E-state index < -0.39 is 12.2 Å². The number of anilines is 2. The molecular formula is C31H40ClN3O6. The second-order valence-electron chi connectivity index (χ2n) is 9.00. The summed E-state index contributed by atoms with van der Waals surface area (Å²) in [7, 11) is 1.63. The summed E-state index contributed by atoms with van der Waals surface area (Å²) in [6.07, 6.45) is 1.61. The third kappa shape index (κ3) is 12.4. The first-order chi connectivity index (χ1) is 19.6. The number of hydrogen-bond donors (Lipinski definition) is 2. The van der Waals surface area contributed by atoms with Crippen LogP contribution in [0.5, 0.6) is 11.5 Å². The molecule has 0 aliphatic rings. The summed E-state index contributed by atoms with van der Waals surface area (Å²) in [5.41, 5.74) is 2.34. The van der Waals surface area contributed by atoms with Crippen molar-refractivity contribution in [1.82, 2.24) is 4.90 Å². The molecule has 0 aliphatic heterocycles. The lowest BCUT2D eigenvalue weighted by Crippen LogP contribution is -2.34. The van der Waals surface area contributed by atoms with Crippen molar-refractivity contribution in [3.8, 4) is 11.5 Å². The fraction of sp³-hybridized carbons (Fsp3) is 0.355. The maximum absolute atomic E-state index is 12.2. The van der Waals surface area contributed by atoms with Gasteiger partial charge < -0.3 is 18.9 Å². The van der Waals surface area contributed by atoms with Gasteiger partial charge in [0.2, 0.25) is 0 Å². The van der Waals surface area contributed by atoms with E-state index in [-0.39, 0.29) is 25.6 Å². The maximum Gasteiger partial charge on any atom is 0.411 e. The number of methoxy groups -OCH3 is 1. The molecule has 0 radical (unpaired) electrons. The van der Waals surface area contributed by atoms with Crippen LogP contribution in [-0.2, 0) is 15.9 Å². The normalized spacial score (nSPS) is 10.3. The summed E-state index contributed by atoms with van der Waals surface area (Å²) >= 11 is 0. The smallest absolute Gasteiger partial charge is 0.411 e. The van der Waals surface area contributed by atoms with Crippen molar-refractivity contribution < 1.29 is 28.5 Å². The minimum Gasteiger partial charge on any atom is -0.493 e. The predicted molar refractivity (Wildman–Crippen MR) is 164 cm³/mol. The Kier molecular flexibility index (Phi) is 15.6. The average molecular weight is 586 g/mol. The van der Waals surface area contributed by atoms with Crippen LogP contribution in [-0.4, -0.2) is 63.7 Å². The monoisotopic (exact) mass is 585 g/mol. The summed E-state index contributed by atoms with van der Waals surface area (Å²) in [6.45, 7) is 4.63. The first-order valence-corrected chi connectivity index (χ1v) is 13.6. The molecule has 0 fully saturated rings. The SMILES string of the molecule is CCCCOc1c(CCN(CCOC(=O)Nc2ccccc2)CCOC(=O)Nc2ccccc2)cccc1OC.Cl. The van der Waals surface area contributed by atoms with Crippen LogP contribution < -0.4 is 20.1 Å². The lowest BCUT2D eigenvalue weighted by molar-refractivity contribution is 0.118. The van der Waals surface area contributed by atoms with Crippen molar-refractivity contribution in [1.29, 1.82) is 0 Å². The van der Waals surface area contributed by atoms with E-state index in [0.29, 0.717) is 49.8 Å². The summed E-state index contributed by atoms with van der Waals surface area (Å²) in [5.74, 6) is 1.44. The van der Waals surface area contributed by atoms with Gasteiger partial charge in [-0.05, 0) is 48.7 Å². The number of nitrogens with zero attached hydrogens (tertiary/aromatic N) is 1. The van der Waals surface area contributed by atoms with Crippen molar-refractivity contribution in [2.75, 3.05) is 57.2 Å². The zero-order chi connectivity index (χ0) is 28.4. The molecule has 3 aromatic carbocycles. The number of ether oxygens (including phenoxy) is 4. The van der Waals surface area contributed by atoms with E-state index in [2.05, 4.69) is 22.5 Å². The number of amides is 2. The van der Waals surface area contributed by atoms with E-state index in [0.717, 1.165) is 24.2 Å². The summed E-state index contributed by atoms with van der Waals surface area (Å²) in [6, 6.07) is 24.1. The van der Waals surface area contributed by atoms with Gasteiger partial charge in [-0.2, -0.15) is 0 Å². The van der Waals surface area contributed by atoms with Crippen LogP contribution in [0.15, 0.2) is 78.9 Å². The van der Waals surface area contributed by atoms with Gasteiger partial charge in [0, 0.05) is 31.0 Å². The number of carbonyl (C=O) groups excluding carboxylic acids is 2. The average Bonchev–Trinajstić information content (AvgIpc) is 2.97. The van der Waals surface area contributed by atoms with Gasteiger partial charge in [0.1, 0.15) is 13.2 Å². The van der Waals surface area contributed by atoms with Gasteiger partial charge >= 0.3 is 12.2 Å². The second kappa shape index (κ2) is 19.2. The number of para-hydroxylation sites is 3. The molecule has 0 saturated carbocycles. The maximum atomic E-state index is 12.2. The van der Waals surface area contributed by atoms with E-state index in [1.165, 1.54) is 0 Å². The molecule has 10 heteroatoms. The van der Waals surface area contributed by atoms with E-state index in [1.54, 1.807) is 31.4 Å². The third-order valence-electron chi connectivity index (χ3n) is 6.04. The van der Waals surface area contributed by atoms with Crippen molar-refractivity contribution in [3.63, 3.8) is 0 Å². The summed E-state index contributed by atoms with van der Waals surface area (Å²) in [5, 5.41) is 5.42. The van der Waals surface area contributed by atoms with Crippen LogP contribution in [0.2, 0.25) is 0 Å². The molecule has 3 rings (SSSR count). The topological polar surface area (TPSA) is 98.4 Å². The molecule has 9 nitrogen and oxygen atoms in total. The van der Waals surface area contributed by atoms with Crippen LogP contribution in [0.4, 0.5) is 21.0 Å². The molecule has 0 unspecified atom stereocenters. The van der Waals surface area contributed by atoms with Gasteiger partial charge in [-0.1, -0.05) is 61.9 Å². The Morgan fingerprint density at radius 1 is 0.732 bits per heavy atom. The van der Waals surface area contributed by atoms with Gasteiger partial charge in [0.25, 0.3) is 0 Å². The van der Waals surface area contributed by atoms with Crippen molar-refractivity contribution in [2.24, 2.45) is 0 Å². The molecule has 0 aromatic heterocycles. The Balaban J connectivity index is 0.00000588. The quantitative estimate of drug-likeness (QED) is 0.182. The highest BCUT2D eigenvalue weighted by atomic mass is 35.5. The van der Waals surface area contributed by atoms with Crippen molar-refractivity contribution >= 4 is 36.0 Å². The molecule has 0 atom stereocenters. The van der Waals surface area contributed by atoms with Crippen LogP contribution >= 0.6 is 12.4 Å². The fourth-order valence-corrected chi connectivity index (χ4v) is 3.90. The summed E-state index contributed by atoms with van der Waals surface area (Å²) in [4.78, 5) is 26.5. The number of carbonyl (C=O) groups is 2. The van der Waals surface area contributed by atoms with Crippen LogP contribution in [0.3, 0.4) is 0 Å². The second-order valence-corrected chi connectivity index (χ2v) is 9.00.